The number of aromatic amines is 1. The third-order valence-corrected chi connectivity index (χ3v) is 6.74. The number of aromatic nitrogens is 4. The highest BCUT2D eigenvalue weighted by molar-refractivity contribution is 6.37. The number of nitrogens with zero attached hydrogens (tertiary/aromatic N) is 3. The molecule has 0 atom stereocenters. The smallest absolute Gasteiger partial charge is 0.137 e. The van der Waals surface area contributed by atoms with Gasteiger partial charge >= 0.3 is 0 Å². The lowest BCUT2D eigenvalue weighted by atomic mass is 10.0. The zero-order valence-electron chi connectivity index (χ0n) is 17.2. The molecule has 0 aliphatic carbocycles. The number of H-pyrrole nitrogens is 1. The number of pyridine rings is 1. The fraction of sp³-hybridized carbons (Fsp3) is 0.304. The SMILES string of the molecule is COc1ccc(Cl)c(Cc2c[nH]c3ncc(-c4cnn(C5CCNCC5)c4)cc23)c1Cl. The summed E-state index contributed by atoms with van der Waals surface area (Å²) in [7, 11) is 1.60. The number of fused-ring (bicyclic) bond motifs is 1. The molecule has 4 aromatic rings. The van der Waals surface area contributed by atoms with Gasteiger partial charge in [0.25, 0.3) is 0 Å². The lowest BCUT2D eigenvalue weighted by molar-refractivity contribution is 0.343. The van der Waals surface area contributed by atoms with Crippen LogP contribution >= 0.6 is 23.2 Å². The van der Waals surface area contributed by atoms with E-state index >= 15 is 0 Å². The molecule has 8 heteroatoms. The minimum atomic E-state index is 0.451. The van der Waals surface area contributed by atoms with Crippen LogP contribution in [0.2, 0.25) is 10.0 Å². The van der Waals surface area contributed by atoms with E-state index in [-0.39, 0.29) is 0 Å². The largest absolute Gasteiger partial charge is 0.495 e. The topological polar surface area (TPSA) is 67.8 Å². The van der Waals surface area contributed by atoms with E-state index in [2.05, 4.69) is 37.3 Å². The van der Waals surface area contributed by atoms with Crippen LogP contribution in [0.25, 0.3) is 22.2 Å². The molecule has 31 heavy (non-hydrogen) atoms. The molecule has 1 fully saturated rings. The average molecular weight is 456 g/mol. The fourth-order valence-corrected chi connectivity index (χ4v) is 4.79. The summed E-state index contributed by atoms with van der Waals surface area (Å²) < 4.78 is 7.44. The minimum absolute atomic E-state index is 0.451. The number of nitrogens with one attached hydrogen (secondary N) is 2. The molecule has 1 aliphatic heterocycles. The second-order valence-electron chi connectivity index (χ2n) is 7.84. The van der Waals surface area contributed by atoms with E-state index in [0.717, 1.165) is 59.2 Å². The molecular weight excluding hydrogens is 433 g/mol. The Morgan fingerprint density at radius 2 is 2.00 bits per heavy atom. The number of benzene rings is 1. The van der Waals surface area contributed by atoms with Gasteiger partial charge in [-0.3, -0.25) is 4.68 Å². The van der Waals surface area contributed by atoms with Crippen LogP contribution in [0.15, 0.2) is 43.0 Å². The summed E-state index contributed by atoms with van der Waals surface area (Å²) in [6.07, 6.45) is 10.7. The van der Waals surface area contributed by atoms with E-state index in [0.29, 0.717) is 28.3 Å². The molecule has 0 spiro atoms. The maximum absolute atomic E-state index is 6.54. The predicted molar refractivity (Wildman–Crippen MR) is 124 cm³/mol. The van der Waals surface area contributed by atoms with Crippen LogP contribution in [-0.2, 0) is 6.42 Å². The van der Waals surface area contributed by atoms with Crippen LogP contribution in [0.3, 0.4) is 0 Å². The molecule has 5 rings (SSSR count). The monoisotopic (exact) mass is 455 g/mol. The van der Waals surface area contributed by atoms with Gasteiger partial charge in [-0.15, -0.1) is 0 Å². The molecule has 0 radical (unpaired) electrons. The van der Waals surface area contributed by atoms with E-state index in [1.165, 1.54) is 0 Å². The molecular formula is C23H23Cl2N5O. The standard InChI is InChI=1S/C23H23Cl2N5O/c1-31-21-3-2-20(24)19(22(21)25)9-15-11-28-23-18(15)8-14(10-27-23)16-12-29-30(13-16)17-4-6-26-7-5-17/h2-3,8,10-13,17,26H,4-7,9H2,1H3,(H,27,28). The fourth-order valence-electron chi connectivity index (χ4n) is 4.21. The van der Waals surface area contributed by atoms with Gasteiger partial charge in [0.15, 0.2) is 0 Å². The van der Waals surface area contributed by atoms with Crippen molar-refractivity contribution < 1.29 is 4.74 Å². The van der Waals surface area contributed by atoms with Gasteiger partial charge in [0.1, 0.15) is 11.4 Å². The van der Waals surface area contributed by atoms with E-state index in [9.17, 15) is 0 Å². The maximum Gasteiger partial charge on any atom is 0.137 e. The van der Waals surface area contributed by atoms with Crippen molar-refractivity contribution in [2.75, 3.05) is 20.2 Å². The molecule has 1 aromatic carbocycles. The first-order valence-electron chi connectivity index (χ1n) is 10.4. The zero-order chi connectivity index (χ0) is 21.4. The molecule has 0 saturated carbocycles. The Bertz CT molecular complexity index is 1230. The van der Waals surface area contributed by atoms with E-state index in [1.54, 1.807) is 13.2 Å². The van der Waals surface area contributed by atoms with Crippen molar-refractivity contribution in [1.82, 2.24) is 25.1 Å². The second kappa shape index (κ2) is 8.54. The Morgan fingerprint density at radius 3 is 2.81 bits per heavy atom. The quantitative estimate of drug-likeness (QED) is 0.430. The van der Waals surface area contributed by atoms with Crippen LogP contribution in [0.4, 0.5) is 0 Å². The lowest BCUT2D eigenvalue weighted by Crippen LogP contribution is -2.29. The Balaban J connectivity index is 1.48. The van der Waals surface area contributed by atoms with Gasteiger partial charge in [-0.05, 0) is 55.3 Å². The van der Waals surface area contributed by atoms with Gasteiger partial charge in [0.2, 0.25) is 0 Å². The third kappa shape index (κ3) is 3.91. The van der Waals surface area contributed by atoms with Crippen LogP contribution in [-0.4, -0.2) is 39.9 Å². The second-order valence-corrected chi connectivity index (χ2v) is 8.63. The van der Waals surface area contributed by atoms with Gasteiger partial charge in [-0.1, -0.05) is 23.2 Å². The number of hydrogen-bond donors (Lipinski definition) is 2. The lowest BCUT2D eigenvalue weighted by Gasteiger charge is -2.22. The molecule has 1 saturated heterocycles. The van der Waals surface area contributed by atoms with Gasteiger partial charge < -0.3 is 15.0 Å². The zero-order valence-corrected chi connectivity index (χ0v) is 18.7. The number of rotatable bonds is 5. The highest BCUT2D eigenvalue weighted by Crippen LogP contribution is 2.36. The molecule has 3 aromatic heterocycles. The number of hydrogen-bond acceptors (Lipinski definition) is 4. The Morgan fingerprint density at radius 1 is 1.16 bits per heavy atom. The summed E-state index contributed by atoms with van der Waals surface area (Å²) in [5, 5.41) is 10.2. The van der Waals surface area contributed by atoms with Crippen molar-refractivity contribution in [2.45, 2.75) is 25.3 Å². The first kappa shape index (κ1) is 20.4. The molecule has 0 amide bonds. The summed E-state index contributed by atoms with van der Waals surface area (Å²) in [5.74, 6) is 0.616. The number of halogens is 2. The number of ether oxygens (including phenoxy) is 1. The summed E-state index contributed by atoms with van der Waals surface area (Å²) in [6.45, 7) is 2.07. The van der Waals surface area contributed by atoms with Gasteiger partial charge in [-0.25, -0.2) is 4.98 Å². The Labute approximate surface area is 190 Å². The van der Waals surface area contributed by atoms with E-state index in [1.807, 2.05) is 24.7 Å². The molecule has 0 bridgehead atoms. The molecule has 2 N–H and O–H groups in total. The highest BCUT2D eigenvalue weighted by Gasteiger charge is 2.18. The van der Waals surface area contributed by atoms with Crippen LogP contribution in [0, 0.1) is 0 Å². The highest BCUT2D eigenvalue weighted by atomic mass is 35.5. The van der Waals surface area contributed by atoms with Crippen LogP contribution < -0.4 is 10.1 Å². The molecule has 4 heterocycles. The van der Waals surface area contributed by atoms with Crippen LogP contribution in [0.1, 0.15) is 30.0 Å². The van der Waals surface area contributed by atoms with Crippen molar-refractivity contribution in [3.8, 4) is 16.9 Å². The van der Waals surface area contributed by atoms with Gasteiger partial charge in [-0.2, -0.15) is 5.10 Å². The average Bonchev–Trinajstić information content (AvgIpc) is 3.45. The van der Waals surface area contributed by atoms with Crippen molar-refractivity contribution in [3.63, 3.8) is 0 Å². The molecule has 1 aliphatic rings. The normalized spacial score (nSPS) is 14.9. The summed E-state index contributed by atoms with van der Waals surface area (Å²) in [4.78, 5) is 7.88. The van der Waals surface area contributed by atoms with Gasteiger partial charge in [0.05, 0.1) is 24.4 Å². The van der Waals surface area contributed by atoms with Crippen molar-refractivity contribution >= 4 is 34.2 Å². The van der Waals surface area contributed by atoms with Gasteiger partial charge in [0, 0.05) is 46.5 Å². The third-order valence-electron chi connectivity index (χ3n) is 5.97. The maximum atomic E-state index is 6.54. The van der Waals surface area contributed by atoms with E-state index in [4.69, 9.17) is 27.9 Å². The molecule has 0 unspecified atom stereocenters. The van der Waals surface area contributed by atoms with Crippen molar-refractivity contribution in [1.29, 1.82) is 0 Å². The summed E-state index contributed by atoms with van der Waals surface area (Å²) in [5.41, 5.74) is 4.85. The number of piperidine rings is 1. The Hall–Kier alpha value is -2.54. The molecule has 160 valence electrons. The van der Waals surface area contributed by atoms with E-state index < -0.39 is 0 Å². The van der Waals surface area contributed by atoms with Crippen molar-refractivity contribution in [2.24, 2.45) is 0 Å². The van der Waals surface area contributed by atoms with Crippen molar-refractivity contribution in [3.05, 3.63) is 64.2 Å². The predicted octanol–water partition coefficient (Wildman–Crippen LogP) is 5.26. The first-order chi connectivity index (χ1) is 15.1. The summed E-state index contributed by atoms with van der Waals surface area (Å²) in [6, 6.07) is 6.20. The number of methoxy groups -OCH3 is 1. The van der Waals surface area contributed by atoms with Crippen LogP contribution in [0.5, 0.6) is 5.75 Å². The summed E-state index contributed by atoms with van der Waals surface area (Å²) >= 11 is 13.0. The minimum Gasteiger partial charge on any atom is -0.495 e. The first-order valence-corrected chi connectivity index (χ1v) is 11.1. The Kier molecular flexibility index (Phi) is 5.61. The molecule has 6 nitrogen and oxygen atoms in total.